The van der Waals surface area contributed by atoms with Gasteiger partial charge in [0, 0.05) is 11.4 Å². The Hall–Kier alpha value is -4.39. The highest BCUT2D eigenvalue weighted by Crippen LogP contribution is 2.36. The van der Waals surface area contributed by atoms with E-state index in [0.29, 0.717) is 18.1 Å². The lowest BCUT2D eigenvalue weighted by Gasteiger charge is -2.29. The van der Waals surface area contributed by atoms with E-state index in [0.717, 1.165) is 39.4 Å². The van der Waals surface area contributed by atoms with Crippen LogP contribution < -0.4 is 15.4 Å². The number of hydrogen-bond donors (Lipinski definition) is 2. The van der Waals surface area contributed by atoms with Crippen LogP contribution in [0, 0.1) is 13.8 Å². The van der Waals surface area contributed by atoms with Gasteiger partial charge in [0.15, 0.2) is 0 Å². The molecule has 3 aromatic carbocycles. The lowest BCUT2D eigenvalue weighted by molar-refractivity contribution is -0.113. The van der Waals surface area contributed by atoms with Crippen LogP contribution in [0.25, 0.3) is 0 Å². The fraction of sp³-hybridized carbons (Fsp3) is 0.179. The normalized spacial score (nSPS) is 14.8. The molecule has 2 N–H and O–H groups in total. The van der Waals surface area contributed by atoms with Gasteiger partial charge in [0.25, 0.3) is 5.91 Å². The first-order valence-corrected chi connectivity index (χ1v) is 11.5. The van der Waals surface area contributed by atoms with E-state index in [1.807, 2.05) is 87.5 Å². The Labute approximate surface area is 204 Å². The van der Waals surface area contributed by atoms with Gasteiger partial charge in [-0.05, 0) is 55.7 Å². The summed E-state index contributed by atoms with van der Waals surface area (Å²) in [6, 6.07) is 23.4. The molecule has 0 spiro atoms. The molecule has 0 saturated carbocycles. The van der Waals surface area contributed by atoms with E-state index >= 15 is 0 Å². The third kappa shape index (κ3) is 4.66. The number of amides is 1. The van der Waals surface area contributed by atoms with Gasteiger partial charge in [0.2, 0.25) is 5.95 Å². The van der Waals surface area contributed by atoms with E-state index in [-0.39, 0.29) is 5.91 Å². The van der Waals surface area contributed by atoms with Crippen molar-refractivity contribution < 1.29 is 9.53 Å². The third-order valence-corrected chi connectivity index (χ3v) is 6.11. The number of nitrogens with zero attached hydrogens (tertiary/aromatic N) is 3. The van der Waals surface area contributed by atoms with Crippen LogP contribution in [-0.4, -0.2) is 20.7 Å². The number of allylic oxidation sites excluding steroid dienone is 1. The Morgan fingerprint density at radius 1 is 1.03 bits per heavy atom. The fourth-order valence-corrected chi connectivity index (χ4v) is 4.32. The van der Waals surface area contributed by atoms with Crippen LogP contribution in [0.15, 0.2) is 90.4 Å². The van der Waals surface area contributed by atoms with Crippen molar-refractivity contribution >= 4 is 17.5 Å². The Balaban J connectivity index is 1.43. The summed E-state index contributed by atoms with van der Waals surface area (Å²) in [5.74, 6) is 1.17. The van der Waals surface area contributed by atoms with Crippen molar-refractivity contribution in [3.63, 3.8) is 0 Å². The second-order valence-corrected chi connectivity index (χ2v) is 8.71. The smallest absolute Gasteiger partial charge is 0.255 e. The van der Waals surface area contributed by atoms with Gasteiger partial charge in [-0.2, -0.15) is 10.1 Å². The van der Waals surface area contributed by atoms with E-state index in [9.17, 15) is 4.79 Å². The van der Waals surface area contributed by atoms with Gasteiger partial charge in [-0.1, -0.05) is 60.2 Å². The van der Waals surface area contributed by atoms with Gasteiger partial charge in [0.05, 0.1) is 5.57 Å². The summed E-state index contributed by atoms with van der Waals surface area (Å²) >= 11 is 0. The first-order chi connectivity index (χ1) is 17.0. The first-order valence-electron chi connectivity index (χ1n) is 11.5. The minimum absolute atomic E-state index is 0.183. The van der Waals surface area contributed by atoms with E-state index in [1.165, 1.54) is 6.33 Å². The molecule has 0 bridgehead atoms. The summed E-state index contributed by atoms with van der Waals surface area (Å²) in [5, 5.41) is 10.7. The average molecular weight is 466 g/mol. The summed E-state index contributed by atoms with van der Waals surface area (Å²) in [6.45, 7) is 6.40. The summed E-state index contributed by atoms with van der Waals surface area (Å²) in [7, 11) is 0. The number of hydrogen-bond acceptors (Lipinski definition) is 5. The predicted octanol–water partition coefficient (Wildman–Crippen LogP) is 5.40. The summed E-state index contributed by atoms with van der Waals surface area (Å²) in [5.41, 5.74) is 6.28. The average Bonchev–Trinajstić information content (AvgIpc) is 3.32. The van der Waals surface area contributed by atoms with Crippen LogP contribution in [0.2, 0.25) is 0 Å². The number of nitrogens with one attached hydrogen (secondary N) is 2. The maximum atomic E-state index is 13.6. The molecule has 0 unspecified atom stereocenters. The second kappa shape index (κ2) is 9.46. The molecule has 176 valence electrons. The number of carbonyl (C=O) groups excluding carboxylic acids is 1. The SMILES string of the molecule is CC1=C(C(=O)Nc2ccc(C)cc2C)[C@H](c2ccc(OCc3ccccc3)cc2)n2ncnc2N1. The maximum absolute atomic E-state index is 13.6. The van der Waals surface area contributed by atoms with Gasteiger partial charge < -0.3 is 15.4 Å². The number of fused-ring (bicyclic) bond motifs is 1. The molecular formula is C28H27N5O2. The van der Waals surface area contributed by atoms with Crippen molar-refractivity contribution in [2.24, 2.45) is 0 Å². The molecule has 35 heavy (non-hydrogen) atoms. The highest BCUT2D eigenvalue weighted by molar-refractivity contribution is 6.06. The minimum atomic E-state index is -0.428. The second-order valence-electron chi connectivity index (χ2n) is 8.71. The zero-order chi connectivity index (χ0) is 24.4. The Kier molecular flexibility index (Phi) is 6.06. The van der Waals surface area contributed by atoms with E-state index in [1.54, 1.807) is 4.68 Å². The number of aryl methyl sites for hydroxylation is 2. The molecule has 5 rings (SSSR count). The molecule has 0 fully saturated rings. The van der Waals surface area contributed by atoms with E-state index in [4.69, 9.17) is 4.74 Å². The number of carbonyl (C=O) groups is 1. The largest absolute Gasteiger partial charge is 0.489 e. The summed E-state index contributed by atoms with van der Waals surface area (Å²) in [6.07, 6.45) is 1.49. The molecule has 0 radical (unpaired) electrons. The van der Waals surface area contributed by atoms with Crippen LogP contribution in [-0.2, 0) is 11.4 Å². The van der Waals surface area contributed by atoms with Crippen LogP contribution in [0.3, 0.4) is 0 Å². The highest BCUT2D eigenvalue weighted by Gasteiger charge is 2.33. The number of aromatic nitrogens is 3. The van der Waals surface area contributed by atoms with Crippen molar-refractivity contribution in [2.75, 3.05) is 10.6 Å². The zero-order valence-corrected chi connectivity index (χ0v) is 19.9. The lowest BCUT2D eigenvalue weighted by Crippen LogP contribution is -2.31. The molecule has 2 heterocycles. The van der Waals surface area contributed by atoms with E-state index in [2.05, 4.69) is 26.8 Å². The molecule has 7 heteroatoms. The van der Waals surface area contributed by atoms with E-state index < -0.39 is 6.04 Å². The lowest BCUT2D eigenvalue weighted by atomic mass is 9.94. The van der Waals surface area contributed by atoms with Crippen LogP contribution in [0.1, 0.15) is 35.2 Å². The van der Waals surface area contributed by atoms with Crippen molar-refractivity contribution in [3.05, 3.63) is 113 Å². The van der Waals surface area contributed by atoms with Gasteiger partial charge in [-0.25, -0.2) is 4.68 Å². The predicted molar refractivity (Wildman–Crippen MR) is 136 cm³/mol. The molecule has 0 saturated heterocycles. The number of ether oxygens (including phenoxy) is 1. The summed E-state index contributed by atoms with van der Waals surface area (Å²) in [4.78, 5) is 17.9. The molecule has 0 aliphatic carbocycles. The minimum Gasteiger partial charge on any atom is -0.489 e. The van der Waals surface area contributed by atoms with Crippen molar-refractivity contribution in [2.45, 2.75) is 33.4 Å². The number of rotatable bonds is 6. The Morgan fingerprint density at radius 3 is 2.54 bits per heavy atom. The van der Waals surface area contributed by atoms with Crippen LogP contribution in [0.5, 0.6) is 5.75 Å². The van der Waals surface area contributed by atoms with Gasteiger partial charge in [0.1, 0.15) is 24.7 Å². The zero-order valence-electron chi connectivity index (χ0n) is 19.9. The van der Waals surface area contributed by atoms with Gasteiger partial charge >= 0.3 is 0 Å². The van der Waals surface area contributed by atoms with Crippen molar-refractivity contribution in [3.8, 4) is 5.75 Å². The molecule has 1 atom stereocenters. The van der Waals surface area contributed by atoms with Crippen LogP contribution in [0.4, 0.5) is 11.6 Å². The number of anilines is 2. The third-order valence-electron chi connectivity index (χ3n) is 6.11. The van der Waals surface area contributed by atoms with Gasteiger partial charge in [-0.15, -0.1) is 0 Å². The number of benzene rings is 3. The Bertz CT molecular complexity index is 1390. The van der Waals surface area contributed by atoms with Crippen molar-refractivity contribution in [1.82, 2.24) is 14.8 Å². The maximum Gasteiger partial charge on any atom is 0.255 e. The standard InChI is InChI=1S/C28H27N5O2/c1-18-9-14-24(19(2)15-18)32-27(34)25-20(3)31-28-29-17-30-33(28)26(25)22-10-12-23(13-11-22)35-16-21-7-5-4-6-8-21/h4-15,17,26H,16H2,1-3H3,(H,32,34)(H,29,30,31)/t26-/m0/s1. The first kappa shape index (κ1) is 22.4. The molecule has 1 aromatic heterocycles. The van der Waals surface area contributed by atoms with Crippen LogP contribution >= 0.6 is 0 Å². The van der Waals surface area contributed by atoms with Gasteiger partial charge in [-0.3, -0.25) is 4.79 Å². The molecule has 4 aromatic rings. The summed E-state index contributed by atoms with van der Waals surface area (Å²) < 4.78 is 7.69. The highest BCUT2D eigenvalue weighted by atomic mass is 16.5. The quantitative estimate of drug-likeness (QED) is 0.398. The molecule has 7 nitrogen and oxygen atoms in total. The molecular weight excluding hydrogens is 438 g/mol. The molecule has 1 aliphatic heterocycles. The van der Waals surface area contributed by atoms with Crippen molar-refractivity contribution in [1.29, 1.82) is 0 Å². The topological polar surface area (TPSA) is 81.1 Å². The molecule has 1 aliphatic rings. The molecule has 1 amide bonds. The Morgan fingerprint density at radius 2 is 1.80 bits per heavy atom. The monoisotopic (exact) mass is 465 g/mol. The fourth-order valence-electron chi connectivity index (χ4n) is 4.32.